The van der Waals surface area contributed by atoms with Gasteiger partial charge in [-0.05, 0) is 12.2 Å². The van der Waals surface area contributed by atoms with E-state index in [1.807, 2.05) is 0 Å². The van der Waals surface area contributed by atoms with E-state index in [-0.39, 0.29) is 0 Å². The molecule has 0 aromatic rings. The lowest BCUT2D eigenvalue weighted by molar-refractivity contribution is -0.291. The molecule has 0 N–H and O–H groups in total. The van der Waals surface area contributed by atoms with E-state index in [2.05, 4.69) is 0 Å². The number of carbonyl (C=O) groups excluding carboxylic acids is 4. The molecular formula is C14H16O9. The van der Waals surface area contributed by atoms with Crippen LogP contribution in [0.25, 0.3) is 0 Å². The maximum absolute atomic E-state index is 12.4. The summed E-state index contributed by atoms with van der Waals surface area (Å²) in [7, 11) is 0. The van der Waals surface area contributed by atoms with Gasteiger partial charge in [0.15, 0.2) is 6.10 Å². The van der Waals surface area contributed by atoms with Crippen molar-refractivity contribution < 1.29 is 42.9 Å². The van der Waals surface area contributed by atoms with Gasteiger partial charge in [0.2, 0.25) is 6.29 Å². The first-order chi connectivity index (χ1) is 10.6. The molecule has 126 valence electrons. The zero-order chi connectivity index (χ0) is 17.4. The zero-order valence-electron chi connectivity index (χ0n) is 13.0. The van der Waals surface area contributed by atoms with Gasteiger partial charge in [0, 0.05) is 27.7 Å². The summed E-state index contributed by atoms with van der Waals surface area (Å²) in [6, 6.07) is 0. The molecule has 9 heteroatoms. The monoisotopic (exact) mass is 328 g/mol. The molecule has 23 heavy (non-hydrogen) atoms. The van der Waals surface area contributed by atoms with Gasteiger partial charge in [-0.1, -0.05) is 0 Å². The fraction of sp³-hybridized carbons (Fsp3) is 0.571. The SMILES string of the molecule is CC(=O)O[C@@H]1C=C[C@H](OC(C)=O)C2(O1)C(=O)OC(C)(C)OC2=O. The lowest BCUT2D eigenvalue weighted by Gasteiger charge is -2.44. The van der Waals surface area contributed by atoms with Gasteiger partial charge < -0.3 is 23.7 Å². The van der Waals surface area contributed by atoms with E-state index in [4.69, 9.17) is 23.7 Å². The van der Waals surface area contributed by atoms with Gasteiger partial charge >= 0.3 is 29.5 Å². The van der Waals surface area contributed by atoms with Crippen LogP contribution < -0.4 is 0 Å². The van der Waals surface area contributed by atoms with Crippen LogP contribution in [0, 0.1) is 0 Å². The number of rotatable bonds is 2. The highest BCUT2D eigenvalue weighted by Crippen LogP contribution is 2.37. The van der Waals surface area contributed by atoms with Crippen LogP contribution in [0.4, 0.5) is 0 Å². The van der Waals surface area contributed by atoms with Crippen molar-refractivity contribution in [2.24, 2.45) is 0 Å². The van der Waals surface area contributed by atoms with E-state index >= 15 is 0 Å². The summed E-state index contributed by atoms with van der Waals surface area (Å²) < 4.78 is 25.1. The minimum atomic E-state index is -2.39. The number of esters is 4. The average molecular weight is 328 g/mol. The molecule has 0 unspecified atom stereocenters. The number of hydrogen-bond acceptors (Lipinski definition) is 9. The molecule has 0 saturated carbocycles. The Morgan fingerprint density at radius 1 is 1.00 bits per heavy atom. The normalized spacial score (nSPS) is 27.8. The Balaban J connectivity index is 2.42. The smallest absolute Gasteiger partial charge is 0.358 e. The minimum Gasteiger partial charge on any atom is -0.454 e. The van der Waals surface area contributed by atoms with Gasteiger partial charge in [0.1, 0.15) is 0 Å². The highest BCUT2D eigenvalue weighted by atomic mass is 16.8. The number of hydrogen-bond donors (Lipinski definition) is 0. The van der Waals surface area contributed by atoms with Gasteiger partial charge in [-0.3, -0.25) is 9.59 Å². The third kappa shape index (κ3) is 3.19. The largest absolute Gasteiger partial charge is 0.454 e. The summed E-state index contributed by atoms with van der Waals surface area (Å²) in [6.07, 6.45) is -0.302. The Bertz CT molecular complexity index is 569. The Hall–Kier alpha value is -2.42. The molecule has 2 aliphatic rings. The molecule has 0 radical (unpaired) electrons. The van der Waals surface area contributed by atoms with Gasteiger partial charge in [0.05, 0.1) is 0 Å². The molecule has 9 nitrogen and oxygen atoms in total. The topological polar surface area (TPSA) is 114 Å². The van der Waals surface area contributed by atoms with E-state index < -0.39 is 47.7 Å². The van der Waals surface area contributed by atoms with Crippen LogP contribution in [0.1, 0.15) is 27.7 Å². The molecule has 2 heterocycles. The van der Waals surface area contributed by atoms with E-state index in [1.165, 1.54) is 26.0 Å². The van der Waals surface area contributed by atoms with Crippen LogP contribution >= 0.6 is 0 Å². The first-order valence-corrected chi connectivity index (χ1v) is 6.74. The molecule has 0 bridgehead atoms. The summed E-state index contributed by atoms with van der Waals surface area (Å²) >= 11 is 0. The molecule has 0 aromatic heterocycles. The number of cyclic esters (lactones) is 2. The third-order valence-electron chi connectivity index (χ3n) is 3.00. The third-order valence-corrected chi connectivity index (χ3v) is 3.00. The van der Waals surface area contributed by atoms with Crippen LogP contribution in [0.15, 0.2) is 12.2 Å². The lowest BCUT2D eigenvalue weighted by Crippen LogP contribution is -2.68. The fourth-order valence-electron chi connectivity index (χ4n) is 2.18. The summed E-state index contributed by atoms with van der Waals surface area (Å²) in [5.41, 5.74) is -2.39. The molecule has 2 aliphatic heterocycles. The molecule has 0 aromatic carbocycles. The summed E-state index contributed by atoms with van der Waals surface area (Å²) in [5.74, 6) is -5.16. The minimum absolute atomic E-state index is 0.696. The summed E-state index contributed by atoms with van der Waals surface area (Å²) in [6.45, 7) is 4.95. The van der Waals surface area contributed by atoms with E-state index in [1.54, 1.807) is 0 Å². The van der Waals surface area contributed by atoms with Crippen molar-refractivity contribution in [2.45, 2.75) is 51.5 Å². The van der Waals surface area contributed by atoms with Gasteiger partial charge in [0.25, 0.3) is 5.79 Å². The number of carbonyl (C=O) groups is 4. The van der Waals surface area contributed by atoms with Crippen molar-refractivity contribution in [3.8, 4) is 0 Å². The van der Waals surface area contributed by atoms with E-state index in [0.717, 1.165) is 13.8 Å². The van der Waals surface area contributed by atoms with Crippen molar-refractivity contribution >= 4 is 23.9 Å². The van der Waals surface area contributed by atoms with E-state index in [9.17, 15) is 19.2 Å². The van der Waals surface area contributed by atoms with Crippen molar-refractivity contribution in [3.63, 3.8) is 0 Å². The maximum atomic E-state index is 12.4. The van der Waals surface area contributed by atoms with Crippen LogP contribution in [-0.2, 0) is 42.9 Å². The first kappa shape index (κ1) is 16.9. The standard InChI is InChI=1S/C14H16O9/c1-7(15)19-9-5-6-10(20-8(2)16)21-14(9)11(17)22-13(3,4)23-12(14)18/h5-6,9-10H,1-4H3/t9-,10-/m0/s1. The molecule has 2 rings (SSSR count). The Labute approximate surface area is 131 Å². The Morgan fingerprint density at radius 3 is 2.00 bits per heavy atom. The van der Waals surface area contributed by atoms with Crippen LogP contribution in [0.2, 0.25) is 0 Å². The van der Waals surface area contributed by atoms with Crippen LogP contribution in [0.5, 0.6) is 0 Å². The predicted molar refractivity (Wildman–Crippen MR) is 70.3 cm³/mol. The second kappa shape index (κ2) is 5.65. The molecule has 2 atom stereocenters. The van der Waals surface area contributed by atoms with Crippen molar-refractivity contribution in [1.29, 1.82) is 0 Å². The highest BCUT2D eigenvalue weighted by molar-refractivity contribution is 6.06. The summed E-state index contributed by atoms with van der Waals surface area (Å²) in [4.78, 5) is 47.1. The molecule has 1 fully saturated rings. The van der Waals surface area contributed by atoms with E-state index in [0.29, 0.717) is 0 Å². The Kier molecular flexibility index (Phi) is 4.16. The molecular weight excluding hydrogens is 312 g/mol. The van der Waals surface area contributed by atoms with Crippen molar-refractivity contribution in [2.75, 3.05) is 0 Å². The molecule has 0 amide bonds. The first-order valence-electron chi connectivity index (χ1n) is 6.74. The van der Waals surface area contributed by atoms with Gasteiger partial charge in [-0.2, -0.15) is 0 Å². The molecule has 1 spiro atoms. The van der Waals surface area contributed by atoms with Crippen molar-refractivity contribution in [1.82, 2.24) is 0 Å². The zero-order valence-corrected chi connectivity index (χ0v) is 13.0. The van der Waals surface area contributed by atoms with Crippen LogP contribution in [-0.4, -0.2) is 47.7 Å². The Morgan fingerprint density at radius 2 is 1.52 bits per heavy atom. The van der Waals surface area contributed by atoms with Crippen molar-refractivity contribution in [3.05, 3.63) is 12.2 Å². The van der Waals surface area contributed by atoms with Gasteiger partial charge in [-0.25, -0.2) is 9.59 Å². The fourth-order valence-corrected chi connectivity index (χ4v) is 2.18. The number of ether oxygens (including phenoxy) is 5. The second-order valence-electron chi connectivity index (χ2n) is 5.43. The average Bonchev–Trinajstić information content (AvgIpc) is 2.36. The van der Waals surface area contributed by atoms with Crippen LogP contribution in [0.3, 0.4) is 0 Å². The predicted octanol–water partition coefficient (Wildman–Crippen LogP) is -0.0314. The van der Waals surface area contributed by atoms with Gasteiger partial charge in [-0.15, -0.1) is 0 Å². The maximum Gasteiger partial charge on any atom is 0.358 e. The summed E-state index contributed by atoms with van der Waals surface area (Å²) in [5, 5.41) is 0. The highest BCUT2D eigenvalue weighted by Gasteiger charge is 2.65. The quantitative estimate of drug-likeness (QED) is 0.298. The molecule has 0 aliphatic carbocycles. The lowest BCUT2D eigenvalue weighted by atomic mass is 9.92. The second-order valence-corrected chi connectivity index (χ2v) is 5.43. The molecule has 1 saturated heterocycles.